The average molecular weight is 254 g/mol. The second-order valence-electron chi connectivity index (χ2n) is 4.42. The molecule has 0 spiro atoms. The van der Waals surface area contributed by atoms with Crippen molar-refractivity contribution in [3.63, 3.8) is 0 Å². The number of nitrogens with one attached hydrogen (secondary N) is 1. The molecule has 0 atom stereocenters. The maximum atomic E-state index is 11.8. The highest BCUT2D eigenvalue weighted by Crippen LogP contribution is 2.22. The lowest BCUT2D eigenvalue weighted by Gasteiger charge is -2.22. The second-order valence-corrected chi connectivity index (χ2v) is 5.93. The van der Waals surface area contributed by atoms with Crippen molar-refractivity contribution in [1.29, 1.82) is 0 Å². The zero-order chi connectivity index (χ0) is 13.1. The first-order valence-corrected chi connectivity index (χ1v) is 6.50. The van der Waals surface area contributed by atoms with Crippen molar-refractivity contribution in [2.75, 3.05) is 18.5 Å². The van der Waals surface area contributed by atoms with Crippen molar-refractivity contribution in [2.45, 2.75) is 18.6 Å². The quantitative estimate of drug-likeness (QED) is 0.566. The SMILES string of the molecule is CSC(C)(C)CNC(=O)c1ccc(N)c(O)c1. The fraction of sp³-hybridized carbons (Fsp3) is 0.417. The van der Waals surface area contributed by atoms with E-state index in [4.69, 9.17) is 5.73 Å². The number of hydrogen-bond donors (Lipinski definition) is 3. The lowest BCUT2D eigenvalue weighted by molar-refractivity contribution is 0.0950. The Morgan fingerprint density at radius 1 is 1.53 bits per heavy atom. The van der Waals surface area contributed by atoms with Crippen molar-refractivity contribution in [3.05, 3.63) is 23.8 Å². The summed E-state index contributed by atoms with van der Waals surface area (Å²) in [6.07, 6.45) is 2.00. The summed E-state index contributed by atoms with van der Waals surface area (Å²) in [7, 11) is 0. The number of carbonyl (C=O) groups excluding carboxylic acids is 1. The van der Waals surface area contributed by atoms with Crippen molar-refractivity contribution in [3.8, 4) is 5.75 Å². The molecular weight excluding hydrogens is 236 g/mol. The predicted molar refractivity (Wildman–Crippen MR) is 72.4 cm³/mol. The van der Waals surface area contributed by atoms with Crippen LogP contribution in [0.15, 0.2) is 18.2 Å². The van der Waals surface area contributed by atoms with Gasteiger partial charge in [0.15, 0.2) is 0 Å². The van der Waals surface area contributed by atoms with Gasteiger partial charge in [-0.25, -0.2) is 0 Å². The van der Waals surface area contributed by atoms with E-state index in [1.807, 2.05) is 6.26 Å². The Bertz CT molecular complexity index is 419. The normalized spacial score (nSPS) is 11.2. The van der Waals surface area contributed by atoms with Crippen LogP contribution in [-0.2, 0) is 0 Å². The number of anilines is 1. The maximum absolute atomic E-state index is 11.8. The zero-order valence-corrected chi connectivity index (χ0v) is 11.1. The van der Waals surface area contributed by atoms with Gasteiger partial charge < -0.3 is 16.2 Å². The van der Waals surface area contributed by atoms with Crippen LogP contribution in [0.1, 0.15) is 24.2 Å². The number of nitrogen functional groups attached to an aromatic ring is 1. The van der Waals surface area contributed by atoms with Crippen LogP contribution in [0.5, 0.6) is 5.75 Å². The maximum Gasteiger partial charge on any atom is 0.251 e. The van der Waals surface area contributed by atoms with Crippen LogP contribution in [0.25, 0.3) is 0 Å². The molecule has 0 aliphatic rings. The van der Waals surface area contributed by atoms with Gasteiger partial charge in [0.1, 0.15) is 5.75 Å². The van der Waals surface area contributed by atoms with Crippen LogP contribution in [-0.4, -0.2) is 28.6 Å². The van der Waals surface area contributed by atoms with Crippen molar-refractivity contribution >= 4 is 23.4 Å². The first kappa shape index (κ1) is 13.7. The Morgan fingerprint density at radius 2 is 2.18 bits per heavy atom. The molecule has 4 nitrogen and oxygen atoms in total. The van der Waals surface area contributed by atoms with E-state index in [2.05, 4.69) is 19.2 Å². The largest absolute Gasteiger partial charge is 0.506 e. The van der Waals surface area contributed by atoms with Gasteiger partial charge in [-0.2, -0.15) is 11.8 Å². The lowest BCUT2D eigenvalue weighted by Crippen LogP contribution is -2.36. The fourth-order valence-corrected chi connectivity index (χ4v) is 1.37. The molecule has 0 saturated heterocycles. The van der Waals surface area contributed by atoms with Crippen molar-refractivity contribution < 1.29 is 9.90 Å². The number of amides is 1. The van der Waals surface area contributed by atoms with E-state index in [0.29, 0.717) is 12.1 Å². The Hall–Kier alpha value is -1.36. The van der Waals surface area contributed by atoms with E-state index < -0.39 is 0 Å². The van der Waals surface area contributed by atoms with E-state index in [9.17, 15) is 9.90 Å². The van der Waals surface area contributed by atoms with E-state index >= 15 is 0 Å². The molecule has 0 fully saturated rings. The highest BCUT2D eigenvalue weighted by molar-refractivity contribution is 7.99. The Morgan fingerprint density at radius 3 is 2.71 bits per heavy atom. The van der Waals surface area contributed by atoms with Crippen LogP contribution < -0.4 is 11.1 Å². The van der Waals surface area contributed by atoms with Gasteiger partial charge in [0.2, 0.25) is 0 Å². The highest BCUT2D eigenvalue weighted by Gasteiger charge is 2.17. The number of phenolic OH excluding ortho intramolecular Hbond substituents is 1. The third kappa shape index (κ3) is 3.85. The van der Waals surface area contributed by atoms with Gasteiger partial charge in [-0.3, -0.25) is 4.79 Å². The number of thioether (sulfide) groups is 1. The summed E-state index contributed by atoms with van der Waals surface area (Å²) in [5, 5.41) is 12.2. The highest BCUT2D eigenvalue weighted by atomic mass is 32.2. The van der Waals surface area contributed by atoms with E-state index in [1.54, 1.807) is 17.8 Å². The van der Waals surface area contributed by atoms with Gasteiger partial charge in [-0.05, 0) is 38.3 Å². The zero-order valence-electron chi connectivity index (χ0n) is 10.3. The molecule has 0 bridgehead atoms. The van der Waals surface area contributed by atoms with Crippen molar-refractivity contribution in [2.24, 2.45) is 0 Å². The van der Waals surface area contributed by atoms with Crippen LogP contribution in [0, 0.1) is 0 Å². The molecule has 1 amide bonds. The molecular formula is C12H18N2O2S. The molecule has 0 aromatic heterocycles. The third-order valence-corrected chi connectivity index (χ3v) is 3.77. The first-order chi connectivity index (χ1) is 7.85. The summed E-state index contributed by atoms with van der Waals surface area (Å²) in [5.74, 6) is -0.274. The molecule has 5 heteroatoms. The minimum Gasteiger partial charge on any atom is -0.506 e. The predicted octanol–water partition coefficient (Wildman–Crippen LogP) is 1.85. The van der Waals surface area contributed by atoms with Crippen LogP contribution >= 0.6 is 11.8 Å². The molecule has 17 heavy (non-hydrogen) atoms. The number of benzene rings is 1. The van der Waals surface area contributed by atoms with Gasteiger partial charge >= 0.3 is 0 Å². The lowest BCUT2D eigenvalue weighted by atomic mass is 10.1. The van der Waals surface area contributed by atoms with Crippen LogP contribution in [0.4, 0.5) is 5.69 Å². The number of phenols is 1. The molecule has 0 aliphatic carbocycles. The standard InChI is InChI=1S/C12H18N2O2S/c1-12(2,17-3)7-14-11(16)8-4-5-9(13)10(15)6-8/h4-6,15H,7,13H2,1-3H3,(H,14,16). The number of carbonyl (C=O) groups is 1. The molecule has 1 aromatic carbocycles. The van der Waals surface area contributed by atoms with Crippen LogP contribution in [0.2, 0.25) is 0 Å². The van der Waals surface area contributed by atoms with E-state index in [1.165, 1.54) is 12.1 Å². The Balaban J connectivity index is 2.68. The Kier molecular flexibility index (Phi) is 4.28. The molecule has 1 aromatic rings. The molecule has 0 unspecified atom stereocenters. The molecule has 0 radical (unpaired) electrons. The number of hydrogen-bond acceptors (Lipinski definition) is 4. The molecule has 94 valence electrons. The average Bonchev–Trinajstić information content (AvgIpc) is 2.30. The summed E-state index contributed by atoms with van der Waals surface area (Å²) in [4.78, 5) is 11.8. The van der Waals surface area contributed by atoms with Gasteiger partial charge in [0.25, 0.3) is 5.91 Å². The first-order valence-electron chi connectivity index (χ1n) is 5.27. The third-order valence-electron chi connectivity index (χ3n) is 2.52. The minimum absolute atomic E-state index is 0.00842. The molecule has 0 saturated carbocycles. The molecule has 1 rings (SSSR count). The summed E-state index contributed by atoms with van der Waals surface area (Å²) < 4.78 is -0.00842. The fourth-order valence-electron chi connectivity index (χ4n) is 1.15. The number of aromatic hydroxyl groups is 1. The number of rotatable bonds is 4. The van der Waals surface area contributed by atoms with Gasteiger partial charge in [0, 0.05) is 16.9 Å². The minimum atomic E-state index is -0.206. The topological polar surface area (TPSA) is 75.4 Å². The van der Waals surface area contributed by atoms with Gasteiger partial charge in [-0.1, -0.05) is 0 Å². The molecule has 4 N–H and O–H groups in total. The summed E-state index contributed by atoms with van der Waals surface area (Å²) in [6.45, 7) is 4.68. The van der Waals surface area contributed by atoms with E-state index in [0.717, 1.165) is 0 Å². The van der Waals surface area contributed by atoms with Gasteiger partial charge in [0.05, 0.1) is 5.69 Å². The van der Waals surface area contributed by atoms with Gasteiger partial charge in [-0.15, -0.1) is 0 Å². The summed E-state index contributed by atoms with van der Waals surface area (Å²) in [6, 6.07) is 4.48. The summed E-state index contributed by atoms with van der Waals surface area (Å²) in [5.41, 5.74) is 6.15. The Labute approximate surface area is 106 Å². The molecule has 0 heterocycles. The monoisotopic (exact) mass is 254 g/mol. The van der Waals surface area contributed by atoms with E-state index in [-0.39, 0.29) is 22.1 Å². The van der Waals surface area contributed by atoms with Crippen LogP contribution in [0.3, 0.4) is 0 Å². The summed E-state index contributed by atoms with van der Waals surface area (Å²) >= 11 is 1.69. The second kappa shape index (κ2) is 5.31. The molecule has 0 aliphatic heterocycles. The smallest absolute Gasteiger partial charge is 0.251 e. The number of nitrogens with two attached hydrogens (primary N) is 1. The van der Waals surface area contributed by atoms with Crippen molar-refractivity contribution in [1.82, 2.24) is 5.32 Å².